The molecule has 1 atom stereocenters. The average Bonchev–Trinajstić information content (AvgIpc) is 3.88. The monoisotopic (exact) mass is 970 g/mol. The smallest absolute Gasteiger partial charge is 0.0775 e. The van der Waals surface area contributed by atoms with Gasteiger partial charge in [0, 0.05) is 34.1 Å². The first-order chi connectivity index (χ1) is 35.9. The van der Waals surface area contributed by atoms with Gasteiger partial charge in [-0.15, -0.1) is 0 Å². The van der Waals surface area contributed by atoms with Crippen LogP contribution in [-0.4, -0.2) is 8.07 Å². The highest BCUT2D eigenvalue weighted by Gasteiger charge is 2.53. The van der Waals surface area contributed by atoms with Crippen LogP contribution in [0.4, 0.5) is 34.1 Å². The topological polar surface area (TPSA) is 6.48 Å². The van der Waals surface area contributed by atoms with E-state index in [9.17, 15) is 0 Å². The fourth-order valence-corrected chi connectivity index (χ4v) is 13.7. The highest BCUT2D eigenvalue weighted by Crippen LogP contribution is 2.65. The molecule has 11 aromatic rings. The summed E-state index contributed by atoms with van der Waals surface area (Å²) >= 11 is 0. The second-order valence-corrected chi connectivity index (χ2v) is 27.7. The van der Waals surface area contributed by atoms with Crippen molar-refractivity contribution in [2.24, 2.45) is 0 Å². The molecule has 0 fully saturated rings. The summed E-state index contributed by atoms with van der Waals surface area (Å²) in [6, 6.07) is 83.9. The van der Waals surface area contributed by atoms with E-state index in [2.05, 4.69) is 282 Å². The van der Waals surface area contributed by atoms with Gasteiger partial charge in [-0.25, -0.2) is 0 Å². The van der Waals surface area contributed by atoms with Crippen LogP contribution in [0, 0.1) is 6.92 Å². The molecule has 11 aromatic carbocycles. The van der Waals surface area contributed by atoms with Gasteiger partial charge in [-0.05, 0) is 192 Å². The number of hydrogen-bond acceptors (Lipinski definition) is 2. The zero-order chi connectivity index (χ0) is 50.6. The zero-order valence-corrected chi connectivity index (χ0v) is 44.8. The van der Waals surface area contributed by atoms with E-state index in [1.807, 2.05) is 0 Å². The standard InChI is InChI=1S/C71H62N2Si/c1-45(2)48-19-28-55(29-20-48)72(54-26-17-47(5)18-27-54)58-32-23-51-43-65-63-38-24-52-41-59(73(56-30-21-49(22-31-56)46(3)4)57-33-36-60(37-34-57)74(6,7)8)35-39-62(52)70(63)71(68(65)44-53(51)42-58)66-16-12-11-15-64(66)69-61-14-10-9-13-50(61)25-40-67(69)71/h9-46H,1-8H3. The van der Waals surface area contributed by atoms with E-state index < -0.39 is 13.5 Å². The third-order valence-electron chi connectivity index (χ3n) is 16.4. The van der Waals surface area contributed by atoms with Crippen molar-refractivity contribution in [3.05, 3.63) is 257 Å². The van der Waals surface area contributed by atoms with Crippen molar-refractivity contribution >= 4 is 79.7 Å². The van der Waals surface area contributed by atoms with Crippen LogP contribution in [-0.2, 0) is 5.41 Å². The summed E-state index contributed by atoms with van der Waals surface area (Å²) in [7, 11) is -1.50. The largest absolute Gasteiger partial charge is 0.310 e. The Labute approximate surface area is 438 Å². The van der Waals surface area contributed by atoms with Crippen molar-refractivity contribution in [1.29, 1.82) is 0 Å². The number of nitrogens with zero attached hydrogens (tertiary/aromatic N) is 2. The summed E-state index contributed by atoms with van der Waals surface area (Å²) in [6.07, 6.45) is 0. The van der Waals surface area contributed by atoms with Gasteiger partial charge in [0.2, 0.25) is 0 Å². The minimum atomic E-state index is -1.50. The Kier molecular flexibility index (Phi) is 10.7. The lowest BCUT2D eigenvalue weighted by Gasteiger charge is -2.32. The lowest BCUT2D eigenvalue weighted by molar-refractivity contribution is 0.803. The number of benzene rings is 11. The quantitative estimate of drug-likeness (QED) is 0.133. The first-order valence-corrected chi connectivity index (χ1v) is 30.1. The molecule has 0 saturated heterocycles. The molecular weight excluding hydrogens is 909 g/mol. The molecule has 1 spiro atoms. The van der Waals surface area contributed by atoms with Crippen LogP contribution < -0.4 is 15.0 Å². The van der Waals surface area contributed by atoms with Gasteiger partial charge >= 0.3 is 0 Å². The molecule has 2 aliphatic rings. The molecule has 13 rings (SSSR count). The van der Waals surface area contributed by atoms with Crippen LogP contribution in [0.15, 0.2) is 218 Å². The van der Waals surface area contributed by atoms with E-state index in [0.29, 0.717) is 11.8 Å². The SMILES string of the molecule is Cc1ccc(N(c2ccc(C(C)C)cc2)c2ccc3cc4c(cc3c2)C2(c3ccccc3-c3c2ccc2ccccc32)c2c-4ccc3cc(N(c4ccc(C(C)C)cc4)c4ccc([Si](C)(C)C)cc4)ccc23)cc1. The molecule has 0 N–H and O–H groups in total. The molecule has 0 amide bonds. The van der Waals surface area contributed by atoms with E-state index in [1.165, 1.54) is 104 Å². The Morgan fingerprint density at radius 3 is 1.53 bits per heavy atom. The molecule has 2 aliphatic carbocycles. The molecule has 0 bridgehead atoms. The third-order valence-corrected chi connectivity index (χ3v) is 18.5. The maximum atomic E-state index is 2.55. The molecular formula is C71H62N2Si. The van der Waals surface area contributed by atoms with Crippen molar-refractivity contribution in [2.45, 2.75) is 71.5 Å². The maximum Gasteiger partial charge on any atom is 0.0775 e. The molecule has 0 aromatic heterocycles. The van der Waals surface area contributed by atoms with Gasteiger partial charge in [0.25, 0.3) is 0 Å². The predicted octanol–water partition coefficient (Wildman–Crippen LogP) is 19.5. The second-order valence-electron chi connectivity index (χ2n) is 22.6. The minimum absolute atomic E-state index is 0.456. The number of aryl methyl sites for hydroxylation is 1. The van der Waals surface area contributed by atoms with Gasteiger partial charge in [-0.2, -0.15) is 0 Å². The van der Waals surface area contributed by atoms with Crippen molar-refractivity contribution in [2.75, 3.05) is 9.80 Å². The Bertz CT molecular complexity index is 3990. The fourth-order valence-electron chi connectivity index (χ4n) is 12.5. The zero-order valence-electron chi connectivity index (χ0n) is 43.8. The van der Waals surface area contributed by atoms with E-state index >= 15 is 0 Å². The Balaban J connectivity index is 1.05. The Hall–Kier alpha value is -7.98. The summed E-state index contributed by atoms with van der Waals surface area (Å²) in [5.74, 6) is 0.913. The molecule has 0 heterocycles. The molecule has 360 valence electrons. The van der Waals surface area contributed by atoms with Crippen LogP contribution in [0.25, 0.3) is 54.6 Å². The summed E-state index contributed by atoms with van der Waals surface area (Å²) in [4.78, 5) is 4.87. The second kappa shape index (κ2) is 17.3. The number of anilines is 6. The number of hydrogen-bond donors (Lipinski definition) is 0. The average molecular weight is 971 g/mol. The lowest BCUT2D eigenvalue weighted by atomic mass is 9.69. The van der Waals surface area contributed by atoms with E-state index in [-0.39, 0.29) is 0 Å². The lowest BCUT2D eigenvalue weighted by Crippen LogP contribution is -2.37. The highest BCUT2D eigenvalue weighted by molar-refractivity contribution is 6.88. The van der Waals surface area contributed by atoms with Gasteiger partial charge in [-0.3, -0.25) is 0 Å². The van der Waals surface area contributed by atoms with E-state index in [0.717, 1.165) is 28.4 Å². The third kappa shape index (κ3) is 7.19. The van der Waals surface area contributed by atoms with Gasteiger partial charge in [0.05, 0.1) is 13.5 Å². The van der Waals surface area contributed by atoms with Gasteiger partial charge < -0.3 is 9.80 Å². The molecule has 1 unspecified atom stereocenters. The van der Waals surface area contributed by atoms with E-state index in [4.69, 9.17) is 0 Å². The van der Waals surface area contributed by atoms with Crippen LogP contribution >= 0.6 is 0 Å². The number of rotatable bonds is 9. The first-order valence-electron chi connectivity index (χ1n) is 26.6. The molecule has 74 heavy (non-hydrogen) atoms. The fraction of sp³-hybridized carbons (Fsp3) is 0.155. The summed E-state index contributed by atoms with van der Waals surface area (Å²) in [6.45, 7) is 18.5. The van der Waals surface area contributed by atoms with Crippen LogP contribution in [0.2, 0.25) is 19.6 Å². The van der Waals surface area contributed by atoms with Crippen LogP contribution in [0.3, 0.4) is 0 Å². The predicted molar refractivity (Wildman–Crippen MR) is 321 cm³/mol. The van der Waals surface area contributed by atoms with E-state index in [1.54, 1.807) is 0 Å². The molecule has 0 aliphatic heterocycles. The van der Waals surface area contributed by atoms with Crippen LogP contribution in [0.5, 0.6) is 0 Å². The van der Waals surface area contributed by atoms with Crippen molar-refractivity contribution in [1.82, 2.24) is 0 Å². The molecule has 3 heteroatoms. The summed E-state index contributed by atoms with van der Waals surface area (Å²) in [5.41, 5.74) is 20.9. The van der Waals surface area contributed by atoms with Gasteiger partial charge in [0.15, 0.2) is 0 Å². The maximum absolute atomic E-state index is 2.55. The molecule has 2 nitrogen and oxygen atoms in total. The van der Waals surface area contributed by atoms with Gasteiger partial charge in [0.1, 0.15) is 0 Å². The normalized spacial score (nSPS) is 14.5. The van der Waals surface area contributed by atoms with Crippen molar-refractivity contribution in [3.8, 4) is 22.3 Å². The van der Waals surface area contributed by atoms with Crippen molar-refractivity contribution < 1.29 is 0 Å². The first kappa shape index (κ1) is 45.8. The summed E-state index contributed by atoms with van der Waals surface area (Å²) in [5, 5.41) is 8.99. The van der Waals surface area contributed by atoms with Gasteiger partial charge in [-0.1, -0.05) is 192 Å². The Morgan fingerprint density at radius 1 is 0.365 bits per heavy atom. The summed E-state index contributed by atoms with van der Waals surface area (Å²) < 4.78 is 0. The number of fused-ring (bicyclic) bond motifs is 15. The van der Waals surface area contributed by atoms with Crippen LogP contribution in [0.1, 0.15) is 78.5 Å². The van der Waals surface area contributed by atoms with Crippen molar-refractivity contribution in [3.63, 3.8) is 0 Å². The minimum Gasteiger partial charge on any atom is -0.310 e. The highest BCUT2D eigenvalue weighted by atomic mass is 28.3. The Morgan fingerprint density at radius 2 is 0.892 bits per heavy atom. The molecule has 0 saturated carbocycles. The molecule has 0 radical (unpaired) electrons.